The number of likely N-dealkylation sites (N-methyl/N-ethyl adjacent to an activating group) is 1. The Labute approximate surface area is 149 Å². The van der Waals surface area contributed by atoms with Crippen molar-refractivity contribution in [2.24, 2.45) is 10.8 Å². The van der Waals surface area contributed by atoms with E-state index in [9.17, 15) is 14.7 Å². The Bertz CT molecular complexity index is 626. The highest BCUT2D eigenvalue weighted by atomic mass is 16.6. The zero-order valence-electron chi connectivity index (χ0n) is 16.2. The monoisotopic (exact) mass is 352 g/mol. The van der Waals surface area contributed by atoms with Gasteiger partial charge in [-0.15, -0.1) is 0 Å². The summed E-state index contributed by atoms with van der Waals surface area (Å²) in [4.78, 5) is 24.4. The summed E-state index contributed by atoms with van der Waals surface area (Å²) in [5, 5.41) is 12.0. The fourth-order valence-corrected chi connectivity index (χ4v) is 1.76. The predicted octanol–water partition coefficient (Wildman–Crippen LogP) is 1.82. The lowest BCUT2D eigenvalue weighted by molar-refractivity contribution is -0.634. The quantitative estimate of drug-likeness (QED) is 0.623. The van der Waals surface area contributed by atoms with Crippen LogP contribution in [0.2, 0.25) is 0 Å². The van der Waals surface area contributed by atoms with E-state index < -0.39 is 28.9 Å². The lowest BCUT2D eigenvalue weighted by atomic mass is 9.97. The first-order valence-electron chi connectivity index (χ1n) is 8.40. The smallest absolute Gasteiger partial charge is 0.316 e. The predicted molar refractivity (Wildman–Crippen MR) is 94.3 cm³/mol. The highest BCUT2D eigenvalue weighted by Gasteiger charge is 2.28. The van der Waals surface area contributed by atoms with Crippen LogP contribution in [0.4, 0.5) is 0 Å². The van der Waals surface area contributed by atoms with Crippen LogP contribution in [0.15, 0.2) is 18.2 Å². The van der Waals surface area contributed by atoms with Gasteiger partial charge in [-0.25, -0.2) is 0 Å². The molecule has 3 N–H and O–H groups in total. The van der Waals surface area contributed by atoms with Crippen molar-refractivity contribution in [1.82, 2.24) is 0 Å². The highest BCUT2D eigenvalue weighted by Crippen LogP contribution is 2.33. The maximum absolute atomic E-state index is 12.2. The Morgan fingerprint density at radius 2 is 1.48 bits per heavy atom. The van der Waals surface area contributed by atoms with Gasteiger partial charge in [0.1, 0.15) is 12.6 Å². The van der Waals surface area contributed by atoms with Gasteiger partial charge in [-0.3, -0.25) is 9.59 Å². The molecule has 0 saturated carbocycles. The first-order chi connectivity index (χ1) is 11.4. The molecule has 1 rings (SSSR count). The van der Waals surface area contributed by atoms with Crippen molar-refractivity contribution in [2.45, 2.75) is 47.6 Å². The van der Waals surface area contributed by atoms with E-state index in [-0.39, 0.29) is 11.5 Å². The summed E-state index contributed by atoms with van der Waals surface area (Å²) in [7, 11) is 1.85. The van der Waals surface area contributed by atoms with Crippen molar-refractivity contribution in [3.63, 3.8) is 0 Å². The number of rotatable bonds is 5. The lowest BCUT2D eigenvalue weighted by Gasteiger charge is -2.21. The molecule has 1 unspecified atom stereocenters. The minimum Gasteiger partial charge on any atom is -0.422 e. The topological polar surface area (TPSA) is 89.4 Å². The number of nitrogens with two attached hydrogens (primary N) is 1. The van der Waals surface area contributed by atoms with Gasteiger partial charge in [0.2, 0.25) is 0 Å². The van der Waals surface area contributed by atoms with E-state index >= 15 is 0 Å². The molecule has 0 amide bonds. The molecule has 25 heavy (non-hydrogen) atoms. The van der Waals surface area contributed by atoms with E-state index in [1.54, 1.807) is 59.7 Å². The Morgan fingerprint density at radius 1 is 1.00 bits per heavy atom. The van der Waals surface area contributed by atoms with Crippen LogP contribution in [0, 0.1) is 10.8 Å². The molecule has 0 bridgehead atoms. The van der Waals surface area contributed by atoms with E-state index in [0.717, 1.165) is 0 Å². The Hall–Kier alpha value is -1.92. The molecule has 0 radical (unpaired) electrons. The number of quaternary nitrogens is 1. The number of aliphatic hydroxyl groups excluding tert-OH is 1. The number of hydrogen-bond acceptors (Lipinski definition) is 5. The minimum absolute atomic E-state index is 0.130. The summed E-state index contributed by atoms with van der Waals surface area (Å²) in [6.07, 6.45) is -0.718. The number of aliphatic hydroxyl groups is 1. The van der Waals surface area contributed by atoms with Crippen LogP contribution in [-0.4, -0.2) is 30.6 Å². The van der Waals surface area contributed by atoms with Gasteiger partial charge in [0.25, 0.3) is 0 Å². The van der Waals surface area contributed by atoms with E-state index in [1.165, 1.54) is 0 Å². The highest BCUT2D eigenvalue weighted by molar-refractivity contribution is 5.81. The number of carbonyl (C=O) groups excluding carboxylic acids is 2. The van der Waals surface area contributed by atoms with Gasteiger partial charge in [0, 0.05) is 0 Å². The molecule has 0 spiro atoms. The SMILES string of the molecule is C[NH2+]CC(O)c1ccc(OC(=O)C(C)(C)C)c(OC(=O)C(C)(C)C)c1. The van der Waals surface area contributed by atoms with Gasteiger partial charge in [-0.05, 0) is 59.2 Å². The zero-order chi connectivity index (χ0) is 19.4. The van der Waals surface area contributed by atoms with Gasteiger partial charge in [0.15, 0.2) is 11.5 Å². The van der Waals surface area contributed by atoms with Crippen LogP contribution in [0.1, 0.15) is 53.2 Å². The molecular formula is C19H30NO5+. The summed E-state index contributed by atoms with van der Waals surface area (Å²) in [5.74, 6) is -0.593. The number of ether oxygens (including phenoxy) is 2. The Balaban J connectivity index is 3.22. The van der Waals surface area contributed by atoms with Gasteiger partial charge in [0.05, 0.1) is 17.9 Å². The van der Waals surface area contributed by atoms with E-state index in [0.29, 0.717) is 12.1 Å². The van der Waals surface area contributed by atoms with Gasteiger partial charge >= 0.3 is 11.9 Å². The van der Waals surface area contributed by atoms with Crippen LogP contribution in [-0.2, 0) is 9.59 Å². The molecule has 0 aliphatic carbocycles. The first kappa shape index (κ1) is 21.1. The van der Waals surface area contributed by atoms with Crippen LogP contribution < -0.4 is 14.8 Å². The molecule has 0 aliphatic rings. The van der Waals surface area contributed by atoms with Gasteiger partial charge < -0.3 is 19.9 Å². The maximum atomic E-state index is 12.2. The maximum Gasteiger partial charge on any atom is 0.316 e. The lowest BCUT2D eigenvalue weighted by Crippen LogP contribution is -2.80. The molecular weight excluding hydrogens is 322 g/mol. The van der Waals surface area contributed by atoms with Crippen molar-refractivity contribution < 1.29 is 29.5 Å². The summed E-state index contributed by atoms with van der Waals surface area (Å²) in [6, 6.07) is 4.75. The van der Waals surface area contributed by atoms with E-state index in [1.807, 2.05) is 12.4 Å². The third-order valence-electron chi connectivity index (χ3n) is 3.44. The summed E-state index contributed by atoms with van der Waals surface area (Å²) in [5.41, 5.74) is -0.817. The molecule has 6 heteroatoms. The summed E-state index contributed by atoms with van der Waals surface area (Å²) >= 11 is 0. The molecule has 0 saturated heterocycles. The molecule has 0 fully saturated rings. The average Bonchev–Trinajstić information content (AvgIpc) is 2.47. The average molecular weight is 352 g/mol. The second-order valence-corrected chi connectivity index (χ2v) is 8.14. The van der Waals surface area contributed by atoms with Crippen molar-refractivity contribution in [3.05, 3.63) is 23.8 Å². The molecule has 1 aromatic rings. The van der Waals surface area contributed by atoms with Gasteiger partial charge in [-0.2, -0.15) is 0 Å². The second kappa shape index (κ2) is 7.97. The molecule has 1 atom stereocenters. The largest absolute Gasteiger partial charge is 0.422 e. The van der Waals surface area contributed by atoms with Crippen molar-refractivity contribution in [2.75, 3.05) is 13.6 Å². The third kappa shape index (κ3) is 6.14. The van der Waals surface area contributed by atoms with Gasteiger partial charge in [-0.1, -0.05) is 6.07 Å². The van der Waals surface area contributed by atoms with Crippen LogP contribution in [0.5, 0.6) is 11.5 Å². The molecule has 1 aromatic carbocycles. The first-order valence-corrected chi connectivity index (χ1v) is 8.40. The van der Waals surface area contributed by atoms with Crippen LogP contribution in [0.3, 0.4) is 0 Å². The summed E-state index contributed by atoms with van der Waals surface area (Å²) in [6.45, 7) is 10.9. The molecule has 6 nitrogen and oxygen atoms in total. The normalized spacial score (nSPS) is 13.3. The number of esters is 2. The van der Waals surface area contributed by atoms with Crippen molar-refractivity contribution in [1.29, 1.82) is 0 Å². The fourth-order valence-electron chi connectivity index (χ4n) is 1.76. The van der Waals surface area contributed by atoms with E-state index in [2.05, 4.69) is 0 Å². The van der Waals surface area contributed by atoms with Crippen LogP contribution >= 0.6 is 0 Å². The zero-order valence-corrected chi connectivity index (χ0v) is 16.2. The van der Waals surface area contributed by atoms with E-state index in [4.69, 9.17) is 9.47 Å². The Morgan fingerprint density at radius 3 is 1.92 bits per heavy atom. The third-order valence-corrected chi connectivity index (χ3v) is 3.44. The van der Waals surface area contributed by atoms with Crippen molar-refractivity contribution in [3.8, 4) is 11.5 Å². The Kier molecular flexibility index (Phi) is 6.74. The van der Waals surface area contributed by atoms with Crippen LogP contribution in [0.25, 0.3) is 0 Å². The summed E-state index contributed by atoms with van der Waals surface area (Å²) < 4.78 is 10.9. The molecule has 0 aliphatic heterocycles. The minimum atomic E-state index is -0.718. The molecule has 140 valence electrons. The van der Waals surface area contributed by atoms with Crippen molar-refractivity contribution >= 4 is 11.9 Å². The standard InChI is InChI=1S/C19H29NO5/c1-18(2,3)16(22)24-14-9-8-12(13(21)11-20-7)10-15(14)25-17(23)19(4,5)6/h8-10,13,20-21H,11H2,1-7H3/p+1. The fraction of sp³-hybridized carbons (Fsp3) is 0.579. The molecule has 0 heterocycles. The number of hydrogen-bond donors (Lipinski definition) is 2. The molecule has 0 aromatic heterocycles. The number of carbonyl (C=O) groups is 2. The number of benzene rings is 1. The second-order valence-electron chi connectivity index (χ2n) is 8.14.